The van der Waals surface area contributed by atoms with E-state index < -0.39 is 10.0 Å². The minimum Gasteiger partial charge on any atom is -0.392 e. The molecule has 1 aliphatic rings. The van der Waals surface area contributed by atoms with Crippen LogP contribution in [0.25, 0.3) is 0 Å². The van der Waals surface area contributed by atoms with Gasteiger partial charge in [0.2, 0.25) is 10.0 Å². The molecular formula is C13H20N2O3S. The maximum atomic E-state index is 11.2. The van der Waals surface area contributed by atoms with Gasteiger partial charge in [0.25, 0.3) is 0 Å². The van der Waals surface area contributed by atoms with Gasteiger partial charge in [-0.15, -0.1) is 0 Å². The van der Waals surface area contributed by atoms with Crippen molar-refractivity contribution in [3.63, 3.8) is 0 Å². The molecule has 1 aliphatic carbocycles. The summed E-state index contributed by atoms with van der Waals surface area (Å²) in [5, 5.41) is 13.0. The lowest BCUT2D eigenvalue weighted by atomic mass is 9.64. The smallest absolute Gasteiger partial charge is 0.229 e. The van der Waals surface area contributed by atoms with Crippen molar-refractivity contribution in [1.82, 2.24) is 0 Å². The van der Waals surface area contributed by atoms with Crippen molar-refractivity contribution in [2.75, 3.05) is 16.3 Å². The van der Waals surface area contributed by atoms with Crippen LogP contribution in [-0.2, 0) is 10.0 Å². The van der Waals surface area contributed by atoms with Gasteiger partial charge in [-0.05, 0) is 24.6 Å². The first-order chi connectivity index (χ1) is 8.68. The first kappa shape index (κ1) is 14.1. The van der Waals surface area contributed by atoms with Crippen molar-refractivity contribution in [2.24, 2.45) is 5.41 Å². The van der Waals surface area contributed by atoms with Gasteiger partial charge in [-0.25, -0.2) is 8.42 Å². The summed E-state index contributed by atoms with van der Waals surface area (Å²) in [6, 6.07) is 7.32. The van der Waals surface area contributed by atoms with E-state index in [1.165, 1.54) is 0 Å². The van der Waals surface area contributed by atoms with E-state index in [1.54, 1.807) is 18.2 Å². The van der Waals surface area contributed by atoms with Gasteiger partial charge in [0.1, 0.15) is 0 Å². The van der Waals surface area contributed by atoms with Crippen LogP contribution >= 0.6 is 0 Å². The standard InChI is InChI=1S/C13H20N2O3S/c1-13(2)11(8-12(13)16)14-9-5-4-6-10(7-9)15-19(3,17)18/h4-7,11-12,14-16H,8H2,1-3H3. The highest BCUT2D eigenvalue weighted by molar-refractivity contribution is 7.92. The first-order valence-corrected chi connectivity index (χ1v) is 8.10. The number of aliphatic hydroxyl groups is 1. The monoisotopic (exact) mass is 284 g/mol. The Morgan fingerprint density at radius 3 is 2.47 bits per heavy atom. The second-order valence-corrected chi connectivity index (χ2v) is 7.47. The van der Waals surface area contributed by atoms with Crippen molar-refractivity contribution >= 4 is 21.4 Å². The summed E-state index contributed by atoms with van der Waals surface area (Å²) < 4.78 is 24.8. The van der Waals surface area contributed by atoms with Crippen molar-refractivity contribution in [2.45, 2.75) is 32.4 Å². The number of rotatable bonds is 4. The molecule has 0 aliphatic heterocycles. The zero-order chi connectivity index (χ0) is 14.3. The fourth-order valence-corrected chi connectivity index (χ4v) is 2.79. The molecule has 1 saturated carbocycles. The maximum absolute atomic E-state index is 11.2. The summed E-state index contributed by atoms with van der Waals surface area (Å²) in [7, 11) is -3.26. The Balaban J connectivity index is 2.08. The Labute approximate surface area is 114 Å². The van der Waals surface area contributed by atoms with Crippen LogP contribution < -0.4 is 10.0 Å². The molecule has 0 heterocycles. The number of benzene rings is 1. The van der Waals surface area contributed by atoms with Gasteiger partial charge in [0.05, 0.1) is 18.0 Å². The molecule has 106 valence electrons. The molecular weight excluding hydrogens is 264 g/mol. The van der Waals surface area contributed by atoms with Crippen LogP contribution in [0.15, 0.2) is 24.3 Å². The van der Waals surface area contributed by atoms with Gasteiger partial charge in [0, 0.05) is 17.1 Å². The third-order valence-corrected chi connectivity index (χ3v) is 4.33. The largest absolute Gasteiger partial charge is 0.392 e. The number of hydrogen-bond acceptors (Lipinski definition) is 4. The van der Waals surface area contributed by atoms with Gasteiger partial charge >= 0.3 is 0 Å². The quantitative estimate of drug-likeness (QED) is 0.785. The predicted molar refractivity (Wildman–Crippen MR) is 76.7 cm³/mol. The second kappa shape index (κ2) is 4.68. The van der Waals surface area contributed by atoms with E-state index in [1.807, 2.05) is 19.9 Å². The minimum atomic E-state index is -3.26. The first-order valence-electron chi connectivity index (χ1n) is 6.21. The molecule has 2 rings (SSSR count). The lowest BCUT2D eigenvalue weighted by Gasteiger charge is -2.49. The molecule has 5 nitrogen and oxygen atoms in total. The van der Waals surface area contributed by atoms with E-state index in [9.17, 15) is 13.5 Å². The van der Waals surface area contributed by atoms with Crippen molar-refractivity contribution in [1.29, 1.82) is 0 Å². The SMILES string of the molecule is CC1(C)C(O)CC1Nc1cccc(NS(C)(=O)=O)c1. The van der Waals surface area contributed by atoms with E-state index in [4.69, 9.17) is 0 Å². The average molecular weight is 284 g/mol. The molecule has 0 spiro atoms. The molecule has 1 fully saturated rings. The van der Waals surface area contributed by atoms with E-state index >= 15 is 0 Å². The molecule has 3 N–H and O–H groups in total. The minimum absolute atomic E-state index is 0.166. The lowest BCUT2D eigenvalue weighted by molar-refractivity contribution is -0.0510. The van der Waals surface area contributed by atoms with E-state index in [-0.39, 0.29) is 17.6 Å². The van der Waals surface area contributed by atoms with Gasteiger partial charge in [-0.3, -0.25) is 4.72 Å². The fourth-order valence-electron chi connectivity index (χ4n) is 2.24. The maximum Gasteiger partial charge on any atom is 0.229 e. The molecule has 0 amide bonds. The Hall–Kier alpha value is -1.27. The summed E-state index contributed by atoms with van der Waals surface area (Å²) in [4.78, 5) is 0. The highest BCUT2D eigenvalue weighted by Gasteiger charge is 2.47. The number of sulfonamides is 1. The Morgan fingerprint density at radius 2 is 1.95 bits per heavy atom. The van der Waals surface area contributed by atoms with Crippen molar-refractivity contribution in [3.8, 4) is 0 Å². The number of nitrogens with one attached hydrogen (secondary N) is 2. The summed E-state index contributed by atoms with van der Waals surface area (Å²) in [6.07, 6.45) is 1.54. The van der Waals surface area contributed by atoms with E-state index in [0.717, 1.165) is 11.9 Å². The van der Waals surface area contributed by atoms with Gasteiger partial charge in [0.15, 0.2) is 0 Å². The molecule has 0 bridgehead atoms. The highest BCUT2D eigenvalue weighted by Crippen LogP contribution is 2.42. The molecule has 1 aromatic carbocycles. The summed E-state index contributed by atoms with van der Waals surface area (Å²) in [6.45, 7) is 4.02. The molecule has 0 aromatic heterocycles. The highest BCUT2D eigenvalue weighted by atomic mass is 32.2. The summed E-state index contributed by atoms with van der Waals surface area (Å²) >= 11 is 0. The van der Waals surface area contributed by atoms with Gasteiger partial charge < -0.3 is 10.4 Å². The van der Waals surface area contributed by atoms with Crippen LogP contribution in [0.5, 0.6) is 0 Å². The third kappa shape index (κ3) is 3.19. The molecule has 6 heteroatoms. The van der Waals surface area contributed by atoms with Crippen LogP contribution in [0.3, 0.4) is 0 Å². The molecule has 0 radical (unpaired) electrons. The van der Waals surface area contributed by atoms with Crippen molar-refractivity contribution in [3.05, 3.63) is 24.3 Å². The van der Waals surface area contributed by atoms with Crippen LogP contribution in [-0.4, -0.2) is 31.9 Å². The third-order valence-electron chi connectivity index (χ3n) is 3.72. The Kier molecular flexibility index (Phi) is 3.49. The van der Waals surface area contributed by atoms with Crippen molar-refractivity contribution < 1.29 is 13.5 Å². The summed E-state index contributed by atoms with van der Waals surface area (Å²) in [5.74, 6) is 0. The van der Waals surface area contributed by atoms with Crippen LogP contribution in [0.2, 0.25) is 0 Å². The van der Waals surface area contributed by atoms with Crippen LogP contribution in [0.1, 0.15) is 20.3 Å². The zero-order valence-electron chi connectivity index (χ0n) is 11.3. The fraction of sp³-hybridized carbons (Fsp3) is 0.538. The Morgan fingerprint density at radius 1 is 1.32 bits per heavy atom. The zero-order valence-corrected chi connectivity index (χ0v) is 12.2. The second-order valence-electron chi connectivity index (χ2n) is 5.72. The number of anilines is 2. The Bertz CT molecular complexity index is 569. The van der Waals surface area contributed by atoms with Crippen LogP contribution in [0, 0.1) is 5.41 Å². The summed E-state index contributed by atoms with van der Waals surface area (Å²) in [5.41, 5.74) is 1.21. The number of hydrogen-bond donors (Lipinski definition) is 3. The molecule has 0 saturated heterocycles. The molecule has 2 unspecified atom stereocenters. The van der Waals surface area contributed by atoms with Crippen LogP contribution in [0.4, 0.5) is 11.4 Å². The molecule has 19 heavy (non-hydrogen) atoms. The predicted octanol–water partition coefficient (Wildman–Crippen LogP) is 1.63. The normalized spacial score (nSPS) is 25.5. The molecule has 1 aromatic rings. The molecule has 2 atom stereocenters. The van der Waals surface area contributed by atoms with Gasteiger partial charge in [-0.1, -0.05) is 19.9 Å². The average Bonchev–Trinajstić information content (AvgIpc) is 2.27. The topological polar surface area (TPSA) is 78.4 Å². The lowest BCUT2D eigenvalue weighted by Crippen LogP contribution is -2.56. The number of aliphatic hydroxyl groups excluding tert-OH is 1. The van der Waals surface area contributed by atoms with E-state index in [0.29, 0.717) is 12.1 Å². The van der Waals surface area contributed by atoms with E-state index in [2.05, 4.69) is 10.0 Å². The van der Waals surface area contributed by atoms with Gasteiger partial charge in [-0.2, -0.15) is 0 Å².